The Morgan fingerprint density at radius 2 is 1.84 bits per heavy atom. The molecule has 0 bridgehead atoms. The van der Waals surface area contributed by atoms with Gasteiger partial charge in [-0.25, -0.2) is 9.67 Å². The summed E-state index contributed by atoms with van der Waals surface area (Å²) in [5, 5.41) is 10.3. The molecule has 3 aromatic carbocycles. The maximum absolute atomic E-state index is 12.4. The van der Waals surface area contributed by atoms with Crippen molar-refractivity contribution in [3.63, 3.8) is 0 Å². The third-order valence-corrected chi connectivity index (χ3v) is 8.23. The van der Waals surface area contributed by atoms with E-state index in [9.17, 15) is 13.2 Å². The van der Waals surface area contributed by atoms with Crippen molar-refractivity contribution in [1.82, 2.24) is 24.6 Å². The van der Waals surface area contributed by atoms with E-state index in [-0.39, 0.29) is 5.75 Å². The van der Waals surface area contributed by atoms with Crippen molar-refractivity contribution in [1.29, 1.82) is 0 Å². The molecule has 0 fully saturated rings. The van der Waals surface area contributed by atoms with E-state index in [4.69, 9.17) is 17.2 Å². The molecule has 234 valence electrons. The van der Waals surface area contributed by atoms with Crippen molar-refractivity contribution < 1.29 is 17.9 Å². The average Bonchev–Trinajstić information content (AvgIpc) is 3.62. The van der Waals surface area contributed by atoms with Crippen LogP contribution in [-0.4, -0.2) is 37.4 Å². The molecule has 1 N–H and O–H groups in total. The summed E-state index contributed by atoms with van der Waals surface area (Å²) in [6, 6.07) is 20.0. The number of hydrogen-bond donors (Lipinski definition) is 1. The number of hydrogen-bond acceptors (Lipinski definition) is 5. The second kappa shape index (κ2) is 13.8. The first-order valence-corrected chi connectivity index (χ1v) is 15.7. The average molecular weight is 651 g/mol. The van der Waals surface area contributed by atoms with Crippen LogP contribution < -0.4 is 14.9 Å². The molecule has 0 aliphatic rings. The normalized spacial score (nSPS) is 12.1. The first-order valence-electron chi connectivity index (χ1n) is 14.4. The Labute approximate surface area is 269 Å². The lowest BCUT2D eigenvalue weighted by molar-refractivity contribution is -0.274. The largest absolute Gasteiger partial charge is 0.573 e. The highest BCUT2D eigenvalue weighted by Gasteiger charge is 2.31. The van der Waals surface area contributed by atoms with Crippen LogP contribution in [0.2, 0.25) is 0 Å². The van der Waals surface area contributed by atoms with Gasteiger partial charge in [-0.15, -0.1) is 29.6 Å². The molecule has 0 aliphatic carbocycles. The second-order valence-electron chi connectivity index (χ2n) is 10.9. The number of rotatable bonds is 9. The first kappa shape index (κ1) is 32.1. The van der Waals surface area contributed by atoms with Crippen LogP contribution in [0.15, 0.2) is 83.4 Å². The number of thiazole rings is 1. The van der Waals surface area contributed by atoms with Gasteiger partial charge < -0.3 is 10.1 Å². The van der Waals surface area contributed by atoms with Crippen LogP contribution in [-0.2, 0) is 6.42 Å². The Kier molecular flexibility index (Phi) is 9.83. The predicted molar refractivity (Wildman–Crippen MR) is 175 cm³/mol. The number of aromatic nitrogens is 4. The van der Waals surface area contributed by atoms with E-state index in [1.54, 1.807) is 11.3 Å². The van der Waals surface area contributed by atoms with E-state index in [0.29, 0.717) is 29.1 Å². The van der Waals surface area contributed by atoms with Crippen LogP contribution >= 0.6 is 23.6 Å². The van der Waals surface area contributed by atoms with Gasteiger partial charge in [0, 0.05) is 23.2 Å². The van der Waals surface area contributed by atoms with E-state index in [1.807, 2.05) is 24.3 Å². The Hall–Kier alpha value is -4.29. The molecule has 2 aromatic heterocycles. The van der Waals surface area contributed by atoms with E-state index in [0.717, 1.165) is 40.2 Å². The molecule has 0 spiro atoms. The summed E-state index contributed by atoms with van der Waals surface area (Å²) in [6.07, 6.45) is -1.57. The summed E-state index contributed by atoms with van der Waals surface area (Å²) in [5.74, 6) is 0.591. The summed E-state index contributed by atoms with van der Waals surface area (Å²) in [7, 11) is 0. The summed E-state index contributed by atoms with van der Waals surface area (Å²) in [5.41, 5.74) is 7.24. The molecular formula is C33H33F3N6OS2. The van der Waals surface area contributed by atoms with Gasteiger partial charge in [-0.1, -0.05) is 44.2 Å². The Bertz CT molecular complexity index is 1860. The predicted octanol–water partition coefficient (Wildman–Crippen LogP) is 7.83. The molecule has 45 heavy (non-hydrogen) atoms. The Morgan fingerprint density at radius 3 is 2.58 bits per heavy atom. The van der Waals surface area contributed by atoms with Crippen LogP contribution in [0, 0.1) is 13.8 Å². The summed E-state index contributed by atoms with van der Waals surface area (Å²) in [4.78, 5) is 9.99. The molecule has 0 amide bonds. The maximum Gasteiger partial charge on any atom is 0.573 e. The molecule has 0 atom stereocenters. The SMILES string of the molecule is Cc1ccc(C(C)C)c(-n2c(C)cs/c2=N\C(=S)NCCCc2cccc(-c3ncn(-c4ccc(OC(F)(F)F)cc4)n3)c2)c1. The number of halogens is 3. The molecule has 7 nitrogen and oxygen atoms in total. The van der Waals surface area contributed by atoms with Crippen molar-refractivity contribution >= 4 is 28.7 Å². The van der Waals surface area contributed by atoms with E-state index in [2.05, 4.69) is 76.0 Å². The maximum atomic E-state index is 12.4. The molecular weight excluding hydrogens is 618 g/mol. The van der Waals surface area contributed by atoms with Gasteiger partial charge in [0.15, 0.2) is 15.7 Å². The minimum absolute atomic E-state index is 0.295. The Morgan fingerprint density at radius 1 is 1.07 bits per heavy atom. The quantitative estimate of drug-likeness (QED) is 0.130. The van der Waals surface area contributed by atoms with Gasteiger partial charge in [0.25, 0.3) is 0 Å². The fourth-order valence-corrected chi connectivity index (χ4v) is 6.02. The minimum Gasteiger partial charge on any atom is -0.406 e. The van der Waals surface area contributed by atoms with Crippen LogP contribution in [0.4, 0.5) is 13.2 Å². The molecule has 5 rings (SSSR count). The van der Waals surface area contributed by atoms with Gasteiger partial charge in [0.2, 0.25) is 0 Å². The number of alkyl halides is 3. The van der Waals surface area contributed by atoms with Gasteiger partial charge in [0.1, 0.15) is 12.1 Å². The zero-order chi connectivity index (χ0) is 32.1. The molecule has 0 radical (unpaired) electrons. The highest BCUT2D eigenvalue weighted by atomic mass is 32.1. The van der Waals surface area contributed by atoms with E-state index in [1.165, 1.54) is 46.4 Å². The minimum atomic E-state index is -4.74. The smallest absolute Gasteiger partial charge is 0.406 e. The van der Waals surface area contributed by atoms with Gasteiger partial charge in [0.05, 0.1) is 11.4 Å². The van der Waals surface area contributed by atoms with Gasteiger partial charge in [-0.3, -0.25) is 4.57 Å². The fraction of sp³-hybridized carbons (Fsp3) is 0.273. The van der Waals surface area contributed by atoms with Gasteiger partial charge >= 0.3 is 6.36 Å². The monoisotopic (exact) mass is 650 g/mol. The molecule has 0 saturated carbocycles. The highest BCUT2D eigenvalue weighted by molar-refractivity contribution is 7.80. The highest BCUT2D eigenvalue weighted by Crippen LogP contribution is 2.26. The van der Waals surface area contributed by atoms with Crippen molar-refractivity contribution in [2.24, 2.45) is 4.99 Å². The number of ether oxygens (including phenoxy) is 1. The van der Waals surface area contributed by atoms with E-state index >= 15 is 0 Å². The number of nitrogens with zero attached hydrogens (tertiary/aromatic N) is 5. The lowest BCUT2D eigenvalue weighted by atomic mass is 9.99. The second-order valence-corrected chi connectivity index (χ2v) is 12.1. The first-order chi connectivity index (χ1) is 21.5. The van der Waals surface area contributed by atoms with Crippen molar-refractivity contribution in [2.45, 2.75) is 52.8 Å². The van der Waals surface area contributed by atoms with Crippen LogP contribution in [0.5, 0.6) is 5.75 Å². The zero-order valence-corrected chi connectivity index (χ0v) is 26.9. The van der Waals surface area contributed by atoms with E-state index < -0.39 is 6.36 Å². The number of aryl methyl sites for hydroxylation is 3. The molecule has 0 unspecified atom stereocenters. The zero-order valence-electron chi connectivity index (χ0n) is 25.3. The topological polar surface area (TPSA) is 69.3 Å². The molecule has 5 aromatic rings. The number of thiocarbonyl (C=S) groups is 1. The molecule has 2 heterocycles. The van der Waals surface area contributed by atoms with Crippen molar-refractivity contribution in [2.75, 3.05) is 6.54 Å². The van der Waals surface area contributed by atoms with Crippen LogP contribution in [0.25, 0.3) is 22.8 Å². The third kappa shape index (κ3) is 8.25. The van der Waals surface area contributed by atoms with Gasteiger partial charge in [-0.2, -0.15) is 4.99 Å². The summed E-state index contributed by atoms with van der Waals surface area (Å²) in [6.45, 7) is 9.24. The standard InChI is InChI=1S/C33H33F3N6OS2/c1-21(2)28-15-10-22(3)17-29(28)42-23(4)19-45-32(42)39-31(44)37-16-6-8-24-7-5-9-25(18-24)30-38-20-41(40-30)26-11-13-27(14-12-26)43-33(34,35)36/h5,7,9-15,17-21H,6,8,16H2,1-4H3,(H,37,44)/b39-32-. The fourth-order valence-electron chi connectivity index (χ4n) is 4.90. The molecule has 12 heteroatoms. The lowest BCUT2D eigenvalue weighted by Gasteiger charge is -2.16. The van der Waals surface area contributed by atoms with Crippen LogP contribution in [0.1, 0.15) is 48.6 Å². The molecule has 0 aliphatic heterocycles. The van der Waals surface area contributed by atoms with Crippen molar-refractivity contribution in [3.05, 3.63) is 106 Å². The Balaban J connectivity index is 1.19. The summed E-state index contributed by atoms with van der Waals surface area (Å²) < 4.78 is 45.0. The number of nitrogens with one attached hydrogen (secondary N) is 1. The van der Waals surface area contributed by atoms with Crippen molar-refractivity contribution in [3.8, 4) is 28.5 Å². The summed E-state index contributed by atoms with van der Waals surface area (Å²) >= 11 is 7.17. The third-order valence-electron chi connectivity index (χ3n) is 7.06. The van der Waals surface area contributed by atoms with Gasteiger partial charge in [-0.05, 0) is 97.9 Å². The number of benzene rings is 3. The van der Waals surface area contributed by atoms with Crippen LogP contribution in [0.3, 0.4) is 0 Å². The lowest BCUT2D eigenvalue weighted by Crippen LogP contribution is -2.25. The molecule has 0 saturated heterocycles.